The molecule has 18 heavy (non-hydrogen) atoms. The van der Waals surface area contributed by atoms with Crippen molar-refractivity contribution in [1.29, 1.82) is 0 Å². The lowest BCUT2D eigenvalue weighted by atomic mass is 10.2. The lowest BCUT2D eigenvalue weighted by Gasteiger charge is -2.04. The van der Waals surface area contributed by atoms with Crippen LogP contribution < -0.4 is 0 Å². The van der Waals surface area contributed by atoms with E-state index in [1.807, 2.05) is 24.3 Å². The van der Waals surface area contributed by atoms with E-state index in [9.17, 15) is 10.2 Å². The highest BCUT2D eigenvalue weighted by atomic mass is 16.3. The summed E-state index contributed by atoms with van der Waals surface area (Å²) >= 11 is 0. The van der Waals surface area contributed by atoms with Gasteiger partial charge in [-0.2, -0.15) is 0 Å². The minimum atomic E-state index is 0.143. The van der Waals surface area contributed by atoms with Crippen LogP contribution in [0.5, 0.6) is 0 Å². The highest BCUT2D eigenvalue weighted by Gasteiger charge is 2.05. The van der Waals surface area contributed by atoms with Gasteiger partial charge in [0.1, 0.15) is 0 Å². The predicted molar refractivity (Wildman–Crippen MR) is 72.1 cm³/mol. The topological polar surface area (TPSA) is 66.2 Å². The van der Waals surface area contributed by atoms with E-state index in [2.05, 4.69) is 9.97 Å². The molecule has 0 unspecified atom stereocenters. The molecule has 92 valence electrons. The Morgan fingerprint density at radius 3 is 1.61 bits per heavy atom. The Morgan fingerprint density at radius 1 is 0.889 bits per heavy atom. The molecule has 0 fully saturated rings. The van der Waals surface area contributed by atoms with Gasteiger partial charge in [-0.15, -0.1) is 0 Å². The van der Waals surface area contributed by atoms with Crippen LogP contribution >= 0.6 is 0 Å². The van der Waals surface area contributed by atoms with E-state index in [1.165, 1.54) is 12.2 Å². The number of hydrogen-bond acceptors (Lipinski definition) is 4. The van der Waals surface area contributed by atoms with Gasteiger partial charge in [-0.1, -0.05) is 12.1 Å². The monoisotopic (exact) mass is 242 g/mol. The fourth-order valence-electron chi connectivity index (χ4n) is 1.64. The number of allylic oxidation sites excluding steroid dienone is 2. The predicted octanol–water partition coefficient (Wildman–Crippen LogP) is 3.47. The number of aromatic nitrogens is 2. The van der Waals surface area contributed by atoms with E-state index >= 15 is 0 Å². The van der Waals surface area contributed by atoms with Crippen molar-refractivity contribution in [3.8, 4) is 0 Å². The number of hydrogen-bond donors (Lipinski definition) is 2. The summed E-state index contributed by atoms with van der Waals surface area (Å²) in [5.41, 5.74) is 2.56. The first-order chi connectivity index (χ1) is 8.56. The molecule has 0 saturated carbocycles. The third-order valence-electron chi connectivity index (χ3n) is 2.32. The van der Waals surface area contributed by atoms with E-state index in [0.29, 0.717) is 11.4 Å². The molecular formula is C14H14N2O2. The second kappa shape index (κ2) is 4.87. The van der Waals surface area contributed by atoms with E-state index in [4.69, 9.17) is 0 Å². The number of rotatable bonds is 2. The van der Waals surface area contributed by atoms with Crippen molar-refractivity contribution >= 4 is 23.2 Å². The summed E-state index contributed by atoms with van der Waals surface area (Å²) in [6.07, 6.45) is 3.04. The van der Waals surface area contributed by atoms with Crippen LogP contribution in [-0.2, 0) is 0 Å². The van der Waals surface area contributed by atoms with E-state index in [1.54, 1.807) is 13.8 Å². The van der Waals surface area contributed by atoms with Gasteiger partial charge in [0, 0.05) is 12.2 Å². The number of aliphatic hydroxyl groups is 2. The van der Waals surface area contributed by atoms with E-state index in [0.717, 1.165) is 11.0 Å². The van der Waals surface area contributed by atoms with Crippen LogP contribution in [0, 0.1) is 0 Å². The summed E-state index contributed by atoms with van der Waals surface area (Å²) < 4.78 is 0. The number of nitrogens with zero attached hydrogens (tertiary/aromatic N) is 2. The van der Waals surface area contributed by atoms with Crippen LogP contribution in [0.2, 0.25) is 0 Å². The summed E-state index contributed by atoms with van der Waals surface area (Å²) in [6.45, 7) is 3.13. The second-order valence-electron chi connectivity index (χ2n) is 4.05. The number of fused-ring (bicyclic) bond motifs is 1. The molecular weight excluding hydrogens is 228 g/mol. The van der Waals surface area contributed by atoms with Crippen LogP contribution in [0.15, 0.2) is 35.8 Å². The Morgan fingerprint density at radius 2 is 1.28 bits per heavy atom. The van der Waals surface area contributed by atoms with Gasteiger partial charge < -0.3 is 10.2 Å². The number of para-hydroxylation sites is 2. The van der Waals surface area contributed by atoms with Gasteiger partial charge in [-0.25, -0.2) is 9.97 Å². The molecule has 0 aliphatic rings. The fourth-order valence-corrected chi connectivity index (χ4v) is 1.64. The maximum absolute atomic E-state index is 9.35. The lowest BCUT2D eigenvalue weighted by Crippen LogP contribution is -1.95. The molecule has 0 aliphatic heterocycles. The molecule has 4 heteroatoms. The lowest BCUT2D eigenvalue weighted by molar-refractivity contribution is 0.418. The fraction of sp³-hybridized carbons (Fsp3) is 0.143. The molecule has 0 spiro atoms. The molecule has 2 N–H and O–H groups in total. The Kier molecular flexibility index (Phi) is 3.28. The third kappa shape index (κ3) is 2.66. The molecule has 4 nitrogen and oxygen atoms in total. The maximum atomic E-state index is 9.35. The molecule has 0 aliphatic carbocycles. The molecule has 2 rings (SSSR count). The van der Waals surface area contributed by atoms with Crippen molar-refractivity contribution < 1.29 is 10.2 Å². The average molecular weight is 242 g/mol. The Balaban J connectivity index is 2.71. The second-order valence-corrected chi connectivity index (χ2v) is 4.05. The largest absolute Gasteiger partial charge is 0.513 e. The molecule has 1 aromatic carbocycles. The van der Waals surface area contributed by atoms with Gasteiger partial charge in [0.15, 0.2) is 0 Å². The van der Waals surface area contributed by atoms with E-state index in [-0.39, 0.29) is 11.5 Å². The zero-order valence-corrected chi connectivity index (χ0v) is 10.3. The van der Waals surface area contributed by atoms with Crippen LogP contribution in [0.1, 0.15) is 25.2 Å². The summed E-state index contributed by atoms with van der Waals surface area (Å²) in [4.78, 5) is 8.83. The SMILES string of the molecule is C/C(O)=C/c1nc2ccccc2nc1/C=C(/C)O. The quantitative estimate of drug-likeness (QED) is 0.791. The van der Waals surface area contributed by atoms with Crippen LogP contribution in [0.3, 0.4) is 0 Å². The Bertz CT molecular complexity index is 581. The maximum Gasteiger partial charge on any atom is 0.0929 e. The summed E-state index contributed by atoms with van der Waals surface area (Å²) in [7, 11) is 0. The summed E-state index contributed by atoms with van der Waals surface area (Å²) in [6, 6.07) is 7.46. The van der Waals surface area contributed by atoms with Gasteiger partial charge in [0.05, 0.1) is 33.9 Å². The summed E-state index contributed by atoms with van der Waals surface area (Å²) in [5.74, 6) is 0.287. The normalized spacial score (nSPS) is 13.0. The minimum absolute atomic E-state index is 0.143. The third-order valence-corrected chi connectivity index (χ3v) is 2.32. The average Bonchev–Trinajstić information content (AvgIpc) is 2.28. The minimum Gasteiger partial charge on any atom is -0.513 e. The zero-order valence-electron chi connectivity index (χ0n) is 10.3. The van der Waals surface area contributed by atoms with Crippen molar-refractivity contribution in [2.75, 3.05) is 0 Å². The Labute approximate surface area is 105 Å². The number of aliphatic hydroxyl groups excluding tert-OH is 2. The van der Waals surface area contributed by atoms with Crippen LogP contribution in [-0.4, -0.2) is 20.2 Å². The molecule has 0 atom stereocenters. The summed E-state index contributed by atoms with van der Waals surface area (Å²) in [5, 5.41) is 18.7. The Hall–Kier alpha value is -2.36. The first-order valence-electron chi connectivity index (χ1n) is 5.57. The van der Waals surface area contributed by atoms with Crippen molar-refractivity contribution in [2.45, 2.75) is 13.8 Å². The van der Waals surface area contributed by atoms with Gasteiger partial charge in [0.2, 0.25) is 0 Å². The van der Waals surface area contributed by atoms with Gasteiger partial charge in [0.25, 0.3) is 0 Å². The molecule has 0 saturated heterocycles. The van der Waals surface area contributed by atoms with Gasteiger partial charge >= 0.3 is 0 Å². The van der Waals surface area contributed by atoms with Gasteiger partial charge in [-0.3, -0.25) is 0 Å². The molecule has 2 aromatic rings. The first-order valence-corrected chi connectivity index (χ1v) is 5.57. The highest BCUT2D eigenvalue weighted by molar-refractivity contribution is 5.78. The molecule has 1 aromatic heterocycles. The van der Waals surface area contributed by atoms with Crippen LogP contribution in [0.25, 0.3) is 23.2 Å². The van der Waals surface area contributed by atoms with Crippen LogP contribution in [0.4, 0.5) is 0 Å². The smallest absolute Gasteiger partial charge is 0.0929 e. The molecule has 0 bridgehead atoms. The van der Waals surface area contributed by atoms with Crippen molar-refractivity contribution in [2.24, 2.45) is 0 Å². The molecule has 1 heterocycles. The van der Waals surface area contributed by atoms with E-state index < -0.39 is 0 Å². The van der Waals surface area contributed by atoms with Crippen molar-refractivity contribution in [1.82, 2.24) is 9.97 Å². The highest BCUT2D eigenvalue weighted by Crippen LogP contribution is 2.17. The zero-order chi connectivity index (χ0) is 13.1. The number of benzene rings is 1. The molecule has 0 amide bonds. The van der Waals surface area contributed by atoms with Gasteiger partial charge in [-0.05, 0) is 26.0 Å². The van der Waals surface area contributed by atoms with Crippen molar-refractivity contribution in [3.63, 3.8) is 0 Å². The molecule has 0 radical (unpaired) electrons. The first kappa shape index (κ1) is 12.1. The van der Waals surface area contributed by atoms with Crippen molar-refractivity contribution in [3.05, 3.63) is 47.2 Å². The standard InChI is InChI=1S/C14H14N2O2/c1-9(17)7-13-14(8-10(2)18)16-12-6-4-3-5-11(12)15-13/h3-8,17-18H,1-2H3/b9-7-,10-8-.